The van der Waals surface area contributed by atoms with E-state index in [1.165, 1.54) is 6.33 Å². The number of hydrogen-bond donors (Lipinski definition) is 2. The Labute approximate surface area is 118 Å². The average molecular weight is 292 g/mol. The zero-order chi connectivity index (χ0) is 14.6. The molecule has 0 fully saturated rings. The Morgan fingerprint density at radius 2 is 2.10 bits per heavy atom. The molecule has 0 unspecified atom stereocenters. The van der Waals surface area contributed by atoms with Crippen LogP contribution in [0.1, 0.15) is 16.8 Å². The molecule has 1 aromatic heterocycles. The van der Waals surface area contributed by atoms with Gasteiger partial charge in [-0.25, -0.2) is 23.1 Å². The van der Waals surface area contributed by atoms with Gasteiger partial charge in [0, 0.05) is 12.7 Å². The monoisotopic (exact) mass is 292 g/mol. The fourth-order valence-electron chi connectivity index (χ4n) is 1.71. The lowest BCUT2D eigenvalue weighted by Crippen LogP contribution is -2.24. The van der Waals surface area contributed by atoms with Gasteiger partial charge in [0.2, 0.25) is 10.0 Å². The quantitative estimate of drug-likeness (QED) is 0.846. The predicted molar refractivity (Wildman–Crippen MR) is 75.1 cm³/mol. The van der Waals surface area contributed by atoms with Crippen LogP contribution in [0.15, 0.2) is 41.7 Å². The molecule has 0 aliphatic rings. The summed E-state index contributed by atoms with van der Waals surface area (Å²) in [5.74, 6) is 0. The van der Waals surface area contributed by atoms with Crippen molar-refractivity contribution >= 4 is 10.0 Å². The Balaban J connectivity index is 2.18. The van der Waals surface area contributed by atoms with Crippen molar-refractivity contribution in [3.8, 4) is 0 Å². The van der Waals surface area contributed by atoms with E-state index in [0.29, 0.717) is 12.2 Å². The van der Waals surface area contributed by atoms with Crippen LogP contribution in [0, 0.1) is 6.92 Å². The van der Waals surface area contributed by atoms with E-state index in [4.69, 9.17) is 5.73 Å². The summed E-state index contributed by atoms with van der Waals surface area (Å²) in [6, 6.07) is 6.57. The Kier molecular flexibility index (Phi) is 4.43. The molecule has 1 heterocycles. The number of rotatable bonds is 5. The smallest absolute Gasteiger partial charge is 0.240 e. The van der Waals surface area contributed by atoms with Crippen LogP contribution in [0.25, 0.3) is 0 Å². The van der Waals surface area contributed by atoms with Crippen LogP contribution in [0.4, 0.5) is 0 Å². The van der Waals surface area contributed by atoms with E-state index in [-0.39, 0.29) is 11.4 Å². The molecule has 0 spiro atoms. The van der Waals surface area contributed by atoms with Crippen LogP contribution in [-0.2, 0) is 23.1 Å². The third-order valence-electron chi connectivity index (χ3n) is 2.94. The van der Waals surface area contributed by atoms with E-state index >= 15 is 0 Å². The molecular weight excluding hydrogens is 276 g/mol. The molecule has 1 aromatic carbocycles. The van der Waals surface area contributed by atoms with Crippen LogP contribution in [-0.4, -0.2) is 18.4 Å². The van der Waals surface area contributed by atoms with Gasteiger partial charge < -0.3 is 5.73 Å². The number of aromatic nitrogens is 2. The lowest BCUT2D eigenvalue weighted by Gasteiger charge is -2.09. The van der Waals surface area contributed by atoms with Crippen molar-refractivity contribution in [1.82, 2.24) is 14.7 Å². The second kappa shape index (κ2) is 6.08. The second-order valence-electron chi connectivity index (χ2n) is 4.32. The van der Waals surface area contributed by atoms with Crippen LogP contribution in [0.5, 0.6) is 0 Å². The first-order valence-electron chi connectivity index (χ1n) is 6.07. The zero-order valence-electron chi connectivity index (χ0n) is 11.1. The molecule has 0 saturated heterocycles. The molecular formula is C13H16N4O2S. The van der Waals surface area contributed by atoms with Crippen molar-refractivity contribution in [3.05, 3.63) is 53.6 Å². The van der Waals surface area contributed by atoms with Gasteiger partial charge in [-0.15, -0.1) is 0 Å². The number of hydrogen-bond acceptors (Lipinski definition) is 5. The number of nitrogens with zero attached hydrogens (tertiary/aromatic N) is 2. The first-order chi connectivity index (χ1) is 9.53. The molecule has 0 bridgehead atoms. The van der Waals surface area contributed by atoms with E-state index in [9.17, 15) is 8.42 Å². The molecule has 0 atom stereocenters. The summed E-state index contributed by atoms with van der Waals surface area (Å²) in [7, 11) is -3.57. The molecule has 3 N–H and O–H groups in total. The fourth-order valence-corrected chi connectivity index (χ4v) is 2.76. The van der Waals surface area contributed by atoms with Crippen molar-refractivity contribution in [3.63, 3.8) is 0 Å². The molecule has 0 saturated carbocycles. The minimum absolute atomic E-state index is 0.122. The van der Waals surface area contributed by atoms with Crippen molar-refractivity contribution in [2.24, 2.45) is 5.73 Å². The zero-order valence-corrected chi connectivity index (χ0v) is 11.9. The Morgan fingerprint density at radius 1 is 1.30 bits per heavy atom. The highest BCUT2D eigenvalue weighted by atomic mass is 32.2. The van der Waals surface area contributed by atoms with E-state index in [2.05, 4.69) is 14.7 Å². The maximum Gasteiger partial charge on any atom is 0.240 e. The van der Waals surface area contributed by atoms with Gasteiger partial charge in [0.25, 0.3) is 0 Å². The highest BCUT2D eigenvalue weighted by Crippen LogP contribution is 2.15. The van der Waals surface area contributed by atoms with Crippen molar-refractivity contribution in [2.45, 2.75) is 24.9 Å². The lowest BCUT2D eigenvalue weighted by molar-refractivity contribution is 0.580. The van der Waals surface area contributed by atoms with Gasteiger partial charge in [-0.2, -0.15) is 0 Å². The normalized spacial score (nSPS) is 11.5. The third kappa shape index (κ3) is 3.38. The Hall–Kier alpha value is -1.83. The highest BCUT2D eigenvalue weighted by molar-refractivity contribution is 7.89. The topological polar surface area (TPSA) is 98.0 Å². The number of nitrogens with two attached hydrogens (primary N) is 1. The van der Waals surface area contributed by atoms with Gasteiger partial charge in [-0.3, -0.25) is 0 Å². The number of aryl methyl sites for hydroxylation is 1. The van der Waals surface area contributed by atoms with Gasteiger partial charge in [0.1, 0.15) is 6.33 Å². The van der Waals surface area contributed by atoms with Crippen molar-refractivity contribution in [1.29, 1.82) is 0 Å². The van der Waals surface area contributed by atoms with Gasteiger partial charge in [-0.1, -0.05) is 6.07 Å². The number of benzene rings is 1. The molecule has 106 valence electrons. The molecule has 20 heavy (non-hydrogen) atoms. The van der Waals surface area contributed by atoms with Crippen LogP contribution in [0.3, 0.4) is 0 Å². The fraction of sp³-hybridized carbons (Fsp3) is 0.231. The SMILES string of the molecule is Cc1ccc(S(=O)(=O)NCc2ccncn2)cc1CN. The molecule has 0 amide bonds. The minimum atomic E-state index is -3.57. The number of sulfonamides is 1. The highest BCUT2D eigenvalue weighted by Gasteiger charge is 2.15. The molecule has 0 aliphatic carbocycles. The molecule has 6 nitrogen and oxygen atoms in total. The van der Waals surface area contributed by atoms with E-state index < -0.39 is 10.0 Å². The Bertz CT molecular complexity index is 687. The lowest BCUT2D eigenvalue weighted by atomic mass is 10.1. The average Bonchev–Trinajstić information content (AvgIpc) is 2.46. The summed E-state index contributed by atoms with van der Waals surface area (Å²) in [4.78, 5) is 7.95. The maximum absolute atomic E-state index is 12.2. The summed E-state index contributed by atoms with van der Waals surface area (Å²) < 4.78 is 26.9. The largest absolute Gasteiger partial charge is 0.326 e. The van der Waals surface area contributed by atoms with E-state index in [0.717, 1.165) is 11.1 Å². The summed E-state index contributed by atoms with van der Waals surface area (Å²) in [6.07, 6.45) is 2.94. The van der Waals surface area contributed by atoms with Gasteiger partial charge in [-0.05, 0) is 36.2 Å². The molecule has 0 aliphatic heterocycles. The Morgan fingerprint density at radius 3 is 2.75 bits per heavy atom. The van der Waals surface area contributed by atoms with Gasteiger partial charge in [0.15, 0.2) is 0 Å². The summed E-state index contributed by atoms with van der Waals surface area (Å²) in [5, 5.41) is 0. The third-order valence-corrected chi connectivity index (χ3v) is 4.34. The van der Waals surface area contributed by atoms with E-state index in [1.54, 1.807) is 30.5 Å². The first kappa shape index (κ1) is 14.6. The second-order valence-corrected chi connectivity index (χ2v) is 6.08. The predicted octanol–water partition coefficient (Wildman–Crippen LogP) is 0.722. The molecule has 7 heteroatoms. The first-order valence-corrected chi connectivity index (χ1v) is 7.55. The van der Waals surface area contributed by atoms with Crippen molar-refractivity contribution < 1.29 is 8.42 Å². The van der Waals surface area contributed by atoms with Crippen molar-refractivity contribution in [2.75, 3.05) is 0 Å². The molecule has 0 radical (unpaired) electrons. The summed E-state index contributed by atoms with van der Waals surface area (Å²) >= 11 is 0. The maximum atomic E-state index is 12.2. The minimum Gasteiger partial charge on any atom is -0.326 e. The van der Waals surface area contributed by atoms with Crippen LogP contribution in [0.2, 0.25) is 0 Å². The standard InChI is InChI=1S/C13H16N4O2S/c1-10-2-3-13(6-11(10)7-14)20(18,19)17-8-12-4-5-15-9-16-12/h2-6,9,17H,7-8,14H2,1H3. The van der Waals surface area contributed by atoms with E-state index in [1.807, 2.05) is 6.92 Å². The number of nitrogens with one attached hydrogen (secondary N) is 1. The molecule has 2 rings (SSSR count). The molecule has 2 aromatic rings. The van der Waals surface area contributed by atoms with Crippen LogP contribution < -0.4 is 10.5 Å². The van der Waals surface area contributed by atoms with Gasteiger partial charge in [0.05, 0.1) is 17.1 Å². The summed E-state index contributed by atoms with van der Waals surface area (Å²) in [5.41, 5.74) is 7.99. The summed E-state index contributed by atoms with van der Waals surface area (Å²) in [6.45, 7) is 2.32. The van der Waals surface area contributed by atoms with Gasteiger partial charge >= 0.3 is 0 Å². The van der Waals surface area contributed by atoms with Crippen LogP contribution >= 0.6 is 0 Å².